The summed E-state index contributed by atoms with van der Waals surface area (Å²) in [5, 5.41) is 11.8. The Bertz CT molecular complexity index is 844. The molecule has 0 atom stereocenters. The molecule has 0 spiro atoms. The lowest BCUT2D eigenvalue weighted by atomic mass is 10.2. The van der Waals surface area contributed by atoms with Gasteiger partial charge in [0.15, 0.2) is 0 Å². The molecule has 2 aromatic heterocycles. The summed E-state index contributed by atoms with van der Waals surface area (Å²) < 4.78 is 4.37. The predicted molar refractivity (Wildman–Crippen MR) is 96.0 cm³/mol. The first-order valence-corrected chi connectivity index (χ1v) is 8.50. The molecule has 124 valence electrons. The summed E-state index contributed by atoms with van der Waals surface area (Å²) in [6, 6.07) is 7.67. The van der Waals surface area contributed by atoms with E-state index in [4.69, 9.17) is 11.6 Å². The van der Waals surface area contributed by atoms with Gasteiger partial charge in [0.1, 0.15) is 0 Å². The highest BCUT2D eigenvalue weighted by Crippen LogP contribution is 2.14. The average Bonchev–Trinajstić information content (AvgIpc) is 3.14. The lowest BCUT2D eigenvalue weighted by Crippen LogP contribution is -2.15. The van der Waals surface area contributed by atoms with Gasteiger partial charge in [-0.3, -0.25) is 14.2 Å². The Morgan fingerprint density at radius 3 is 2.75 bits per heavy atom. The van der Waals surface area contributed by atoms with Crippen LogP contribution in [0.3, 0.4) is 0 Å². The maximum Gasteiger partial charge on any atom is 0.226 e. The summed E-state index contributed by atoms with van der Waals surface area (Å²) in [6.45, 7) is 1.13. The molecular weight excluding hydrogens is 394 g/mol. The van der Waals surface area contributed by atoms with Gasteiger partial charge in [0.05, 0.1) is 28.4 Å². The average molecular weight is 409 g/mol. The zero-order valence-electron chi connectivity index (χ0n) is 12.7. The zero-order valence-corrected chi connectivity index (χ0v) is 15.0. The number of anilines is 1. The number of carbonyl (C=O) groups is 1. The number of nitrogens with one attached hydrogen (secondary N) is 1. The van der Waals surface area contributed by atoms with Crippen LogP contribution in [0, 0.1) is 0 Å². The quantitative estimate of drug-likeness (QED) is 0.678. The van der Waals surface area contributed by atoms with Crippen LogP contribution in [0.25, 0.3) is 0 Å². The number of halogens is 2. The van der Waals surface area contributed by atoms with E-state index in [2.05, 4.69) is 31.4 Å². The van der Waals surface area contributed by atoms with Crippen molar-refractivity contribution in [3.8, 4) is 0 Å². The Hall–Kier alpha value is -2.12. The highest BCUT2D eigenvalue weighted by molar-refractivity contribution is 9.10. The van der Waals surface area contributed by atoms with Crippen molar-refractivity contribution in [1.29, 1.82) is 0 Å². The molecule has 3 rings (SSSR count). The molecule has 1 amide bonds. The van der Waals surface area contributed by atoms with E-state index in [0.717, 1.165) is 15.7 Å². The molecule has 1 N–H and O–H groups in total. The summed E-state index contributed by atoms with van der Waals surface area (Å²) in [5.41, 5.74) is 1.79. The molecule has 0 fully saturated rings. The topological polar surface area (TPSA) is 64.7 Å². The second-order valence-electron chi connectivity index (χ2n) is 5.28. The molecule has 0 radical (unpaired) electrons. The number of rotatable bonds is 6. The molecule has 2 heterocycles. The van der Waals surface area contributed by atoms with Crippen molar-refractivity contribution in [1.82, 2.24) is 19.6 Å². The Balaban J connectivity index is 1.56. The number of carbonyl (C=O) groups excluding carboxylic acids is 1. The summed E-state index contributed by atoms with van der Waals surface area (Å²) in [7, 11) is 0. The molecule has 0 aliphatic carbocycles. The van der Waals surface area contributed by atoms with E-state index >= 15 is 0 Å². The van der Waals surface area contributed by atoms with Crippen LogP contribution in [-0.2, 0) is 17.9 Å². The molecule has 3 aromatic rings. The maximum absolute atomic E-state index is 12.1. The molecule has 0 aliphatic heterocycles. The largest absolute Gasteiger partial charge is 0.326 e. The van der Waals surface area contributed by atoms with E-state index in [-0.39, 0.29) is 5.91 Å². The summed E-state index contributed by atoms with van der Waals surface area (Å²) in [4.78, 5) is 12.1. The van der Waals surface area contributed by atoms with E-state index in [1.54, 1.807) is 28.0 Å². The second kappa shape index (κ2) is 7.63. The van der Waals surface area contributed by atoms with E-state index in [1.165, 1.54) is 0 Å². The van der Waals surface area contributed by atoms with Gasteiger partial charge in [-0.25, -0.2) is 0 Å². The first-order chi connectivity index (χ1) is 11.6. The zero-order chi connectivity index (χ0) is 16.9. The molecule has 0 bridgehead atoms. The number of aryl methyl sites for hydroxylation is 1. The van der Waals surface area contributed by atoms with Crippen molar-refractivity contribution >= 4 is 39.1 Å². The third-order valence-corrected chi connectivity index (χ3v) is 3.93. The van der Waals surface area contributed by atoms with Crippen molar-refractivity contribution in [3.63, 3.8) is 0 Å². The fraction of sp³-hybridized carbons (Fsp3) is 0.188. The lowest BCUT2D eigenvalue weighted by molar-refractivity contribution is -0.116. The summed E-state index contributed by atoms with van der Waals surface area (Å²) >= 11 is 9.19. The number of aromatic nitrogens is 4. The first kappa shape index (κ1) is 16.7. The molecule has 6 nitrogen and oxygen atoms in total. The van der Waals surface area contributed by atoms with Crippen LogP contribution in [0.1, 0.15) is 12.0 Å². The van der Waals surface area contributed by atoms with Crippen molar-refractivity contribution < 1.29 is 4.79 Å². The van der Waals surface area contributed by atoms with Crippen molar-refractivity contribution in [3.05, 3.63) is 64.1 Å². The number of amides is 1. The van der Waals surface area contributed by atoms with Gasteiger partial charge in [0, 0.05) is 31.0 Å². The SMILES string of the molecule is O=C(CCn1cc(Br)cn1)Nc1cccc(Cn2cc(Cl)cn2)c1. The van der Waals surface area contributed by atoms with Gasteiger partial charge in [0.25, 0.3) is 0 Å². The maximum atomic E-state index is 12.1. The van der Waals surface area contributed by atoms with Crippen LogP contribution in [0.2, 0.25) is 5.02 Å². The fourth-order valence-corrected chi connectivity index (χ4v) is 2.74. The molecular formula is C16H15BrClN5O. The van der Waals surface area contributed by atoms with Crippen LogP contribution in [0.15, 0.2) is 53.5 Å². The lowest BCUT2D eigenvalue weighted by Gasteiger charge is -2.08. The molecule has 1 aromatic carbocycles. The third kappa shape index (κ3) is 4.69. The predicted octanol–water partition coefficient (Wildman–Crippen LogP) is 3.57. The summed E-state index contributed by atoms with van der Waals surface area (Å²) in [6.07, 6.45) is 7.25. The summed E-state index contributed by atoms with van der Waals surface area (Å²) in [5.74, 6) is -0.0547. The third-order valence-electron chi connectivity index (χ3n) is 3.33. The highest BCUT2D eigenvalue weighted by atomic mass is 79.9. The van der Waals surface area contributed by atoms with Gasteiger partial charge >= 0.3 is 0 Å². The first-order valence-electron chi connectivity index (χ1n) is 7.33. The van der Waals surface area contributed by atoms with E-state index < -0.39 is 0 Å². The molecule has 0 aliphatic rings. The van der Waals surface area contributed by atoms with Gasteiger partial charge in [-0.1, -0.05) is 23.7 Å². The Morgan fingerprint density at radius 2 is 2.04 bits per heavy atom. The van der Waals surface area contributed by atoms with Crippen LogP contribution in [0.4, 0.5) is 5.69 Å². The number of hydrogen-bond donors (Lipinski definition) is 1. The molecule has 8 heteroatoms. The van der Waals surface area contributed by atoms with E-state index in [9.17, 15) is 4.79 Å². The fourth-order valence-electron chi connectivity index (χ4n) is 2.26. The monoisotopic (exact) mass is 407 g/mol. The van der Waals surface area contributed by atoms with Gasteiger partial charge < -0.3 is 5.32 Å². The van der Waals surface area contributed by atoms with E-state index in [0.29, 0.717) is 24.5 Å². The van der Waals surface area contributed by atoms with Crippen LogP contribution < -0.4 is 5.32 Å². The number of benzene rings is 1. The molecule has 24 heavy (non-hydrogen) atoms. The highest BCUT2D eigenvalue weighted by Gasteiger charge is 2.05. The minimum atomic E-state index is -0.0547. The molecule has 0 saturated carbocycles. The van der Waals surface area contributed by atoms with Gasteiger partial charge in [0.2, 0.25) is 5.91 Å². The smallest absolute Gasteiger partial charge is 0.226 e. The normalized spacial score (nSPS) is 10.8. The van der Waals surface area contributed by atoms with Gasteiger partial charge in [-0.15, -0.1) is 0 Å². The van der Waals surface area contributed by atoms with Gasteiger partial charge in [-0.05, 0) is 33.6 Å². The Labute approximate surface area is 152 Å². The number of hydrogen-bond acceptors (Lipinski definition) is 3. The minimum absolute atomic E-state index is 0.0547. The Kier molecular flexibility index (Phi) is 5.32. The van der Waals surface area contributed by atoms with Crippen LogP contribution in [0.5, 0.6) is 0 Å². The standard InChI is InChI=1S/C16H15BrClN5O/c17-13-7-19-22(10-13)5-4-16(24)21-15-3-1-2-12(6-15)9-23-11-14(18)8-20-23/h1-3,6-8,10-11H,4-5,9H2,(H,21,24). The van der Waals surface area contributed by atoms with Gasteiger partial charge in [-0.2, -0.15) is 10.2 Å². The van der Waals surface area contributed by atoms with Crippen molar-refractivity contribution in [2.24, 2.45) is 0 Å². The van der Waals surface area contributed by atoms with Crippen molar-refractivity contribution in [2.45, 2.75) is 19.5 Å². The van der Waals surface area contributed by atoms with Crippen LogP contribution in [-0.4, -0.2) is 25.5 Å². The van der Waals surface area contributed by atoms with Crippen LogP contribution >= 0.6 is 27.5 Å². The van der Waals surface area contributed by atoms with E-state index in [1.807, 2.05) is 30.5 Å². The Morgan fingerprint density at radius 1 is 1.21 bits per heavy atom. The second-order valence-corrected chi connectivity index (χ2v) is 6.63. The number of nitrogens with zero attached hydrogens (tertiary/aromatic N) is 4. The minimum Gasteiger partial charge on any atom is -0.326 e. The molecule has 0 saturated heterocycles. The van der Waals surface area contributed by atoms with Crippen molar-refractivity contribution in [2.75, 3.05) is 5.32 Å². The molecule has 0 unspecified atom stereocenters.